The van der Waals surface area contributed by atoms with E-state index in [0.717, 1.165) is 31.1 Å². The third kappa shape index (κ3) is 5.58. The van der Waals surface area contributed by atoms with Gasteiger partial charge in [0.25, 0.3) is 0 Å². The van der Waals surface area contributed by atoms with Crippen molar-refractivity contribution in [1.82, 2.24) is 0 Å². The summed E-state index contributed by atoms with van der Waals surface area (Å²) in [5, 5.41) is 0. The molecule has 0 aromatic heterocycles. The summed E-state index contributed by atoms with van der Waals surface area (Å²) < 4.78 is 6.21. The zero-order chi connectivity index (χ0) is 23.4. The Kier molecular flexibility index (Phi) is 7.38. The predicted octanol–water partition coefficient (Wildman–Crippen LogP) is 9.02. The van der Waals surface area contributed by atoms with Crippen LogP contribution in [0.2, 0.25) is 0 Å². The molecule has 1 unspecified atom stereocenters. The molecule has 4 rings (SSSR count). The Morgan fingerprint density at radius 3 is 2.24 bits per heavy atom. The van der Waals surface area contributed by atoms with Crippen molar-refractivity contribution in [1.29, 1.82) is 0 Å². The molecule has 1 nitrogen and oxygen atoms in total. The van der Waals surface area contributed by atoms with E-state index in [-0.39, 0.29) is 0 Å². The highest BCUT2D eigenvalue weighted by atomic mass is 16.5. The Hall–Kier alpha value is -2.80. The minimum atomic E-state index is 0.805. The first-order valence-electron chi connectivity index (χ1n) is 12.6. The molecule has 0 spiro atoms. The predicted molar refractivity (Wildman–Crippen MR) is 142 cm³/mol. The average molecular weight is 439 g/mol. The molecule has 1 aliphatic carbocycles. The standard InChI is InChI=1S/C32H38O/c1-6-27-21-30(14-16-32(27)33-17-7-8-26-11-9-22(2)18-26)31-15-13-29(20-25(31)5)28-12-10-23(3)24(4)19-28/h10,12-16,19-21,26H,2,6-9,11,17-18H2,1,3-5H3. The second-order valence-corrected chi connectivity index (χ2v) is 9.85. The van der Waals surface area contributed by atoms with Crippen molar-refractivity contribution in [2.75, 3.05) is 6.61 Å². The quantitative estimate of drug-likeness (QED) is 0.252. The summed E-state index contributed by atoms with van der Waals surface area (Å²) in [7, 11) is 0. The van der Waals surface area contributed by atoms with Crippen LogP contribution in [-0.4, -0.2) is 6.61 Å². The maximum absolute atomic E-state index is 6.21. The van der Waals surface area contributed by atoms with Gasteiger partial charge in [0, 0.05) is 0 Å². The summed E-state index contributed by atoms with van der Waals surface area (Å²) in [6, 6.07) is 20.3. The number of hydrogen-bond acceptors (Lipinski definition) is 1. The monoisotopic (exact) mass is 438 g/mol. The van der Waals surface area contributed by atoms with Crippen molar-refractivity contribution >= 4 is 0 Å². The molecule has 0 N–H and O–H groups in total. The van der Waals surface area contributed by atoms with Crippen LogP contribution in [-0.2, 0) is 6.42 Å². The number of hydrogen-bond donors (Lipinski definition) is 0. The van der Waals surface area contributed by atoms with Crippen LogP contribution in [0.15, 0.2) is 66.7 Å². The van der Waals surface area contributed by atoms with Crippen molar-refractivity contribution in [2.24, 2.45) is 5.92 Å². The zero-order valence-electron chi connectivity index (χ0n) is 20.8. The van der Waals surface area contributed by atoms with E-state index in [2.05, 4.69) is 88.9 Å². The Balaban J connectivity index is 1.45. The van der Waals surface area contributed by atoms with Gasteiger partial charge in [-0.05, 0) is 122 Å². The van der Waals surface area contributed by atoms with Gasteiger partial charge < -0.3 is 4.74 Å². The molecule has 3 aromatic carbocycles. The Labute approximate surface area is 200 Å². The topological polar surface area (TPSA) is 9.23 Å². The number of rotatable bonds is 8. The van der Waals surface area contributed by atoms with E-state index < -0.39 is 0 Å². The maximum atomic E-state index is 6.21. The van der Waals surface area contributed by atoms with E-state index in [9.17, 15) is 0 Å². The summed E-state index contributed by atoms with van der Waals surface area (Å²) in [6.45, 7) is 13.7. The highest BCUT2D eigenvalue weighted by Crippen LogP contribution is 2.34. The molecular weight excluding hydrogens is 400 g/mol. The molecule has 1 saturated carbocycles. The molecule has 0 saturated heterocycles. The third-order valence-corrected chi connectivity index (χ3v) is 7.32. The normalized spacial score (nSPS) is 15.8. The van der Waals surface area contributed by atoms with Gasteiger partial charge in [-0.25, -0.2) is 0 Å². The minimum absolute atomic E-state index is 0.805. The average Bonchev–Trinajstić information content (AvgIpc) is 3.23. The lowest BCUT2D eigenvalue weighted by Gasteiger charge is -2.15. The molecule has 3 aromatic rings. The molecule has 33 heavy (non-hydrogen) atoms. The van der Waals surface area contributed by atoms with Crippen LogP contribution in [0.3, 0.4) is 0 Å². The molecule has 0 radical (unpaired) electrons. The molecule has 1 aliphatic rings. The van der Waals surface area contributed by atoms with Crippen molar-refractivity contribution in [2.45, 2.75) is 66.2 Å². The first-order valence-corrected chi connectivity index (χ1v) is 12.6. The third-order valence-electron chi connectivity index (χ3n) is 7.32. The summed E-state index contributed by atoms with van der Waals surface area (Å²) in [4.78, 5) is 0. The van der Waals surface area contributed by atoms with Gasteiger partial charge >= 0.3 is 0 Å². The van der Waals surface area contributed by atoms with Crippen LogP contribution in [0.4, 0.5) is 0 Å². The van der Waals surface area contributed by atoms with Gasteiger partial charge in [0.15, 0.2) is 0 Å². The van der Waals surface area contributed by atoms with Gasteiger partial charge in [0.05, 0.1) is 6.61 Å². The number of ether oxygens (including phenoxy) is 1. The van der Waals surface area contributed by atoms with Crippen molar-refractivity contribution in [3.05, 3.63) is 89.0 Å². The maximum Gasteiger partial charge on any atom is 0.122 e. The van der Waals surface area contributed by atoms with Crippen LogP contribution in [0.1, 0.15) is 61.3 Å². The fourth-order valence-electron chi connectivity index (χ4n) is 5.07. The lowest BCUT2D eigenvalue weighted by molar-refractivity contribution is 0.291. The molecule has 0 aliphatic heterocycles. The molecule has 0 amide bonds. The second-order valence-electron chi connectivity index (χ2n) is 9.85. The van der Waals surface area contributed by atoms with Gasteiger partial charge in [-0.3, -0.25) is 0 Å². The largest absolute Gasteiger partial charge is 0.493 e. The Morgan fingerprint density at radius 2 is 1.58 bits per heavy atom. The molecule has 1 heteroatoms. The van der Waals surface area contributed by atoms with Crippen LogP contribution in [0, 0.1) is 26.7 Å². The number of allylic oxidation sites excluding steroid dienone is 1. The molecule has 0 heterocycles. The van der Waals surface area contributed by atoms with Crippen LogP contribution < -0.4 is 4.74 Å². The molecular formula is C32H38O. The van der Waals surface area contributed by atoms with Crippen LogP contribution in [0.25, 0.3) is 22.3 Å². The summed E-state index contributed by atoms with van der Waals surface area (Å²) in [5.74, 6) is 1.87. The van der Waals surface area contributed by atoms with E-state index in [0.29, 0.717) is 0 Å². The van der Waals surface area contributed by atoms with Gasteiger partial charge in [-0.1, -0.05) is 61.5 Å². The first-order chi connectivity index (χ1) is 15.9. The SMILES string of the molecule is C=C1CCC(CCCOc2ccc(-c3ccc(-c4ccc(C)c(C)c4)cc3C)cc2CC)C1. The van der Waals surface area contributed by atoms with E-state index in [4.69, 9.17) is 4.74 Å². The van der Waals surface area contributed by atoms with Crippen molar-refractivity contribution < 1.29 is 4.74 Å². The lowest BCUT2D eigenvalue weighted by atomic mass is 9.93. The highest BCUT2D eigenvalue weighted by molar-refractivity contribution is 5.74. The van der Waals surface area contributed by atoms with Crippen molar-refractivity contribution in [3.63, 3.8) is 0 Å². The smallest absolute Gasteiger partial charge is 0.122 e. The minimum Gasteiger partial charge on any atom is -0.493 e. The first kappa shape index (κ1) is 23.4. The van der Waals surface area contributed by atoms with E-state index >= 15 is 0 Å². The van der Waals surface area contributed by atoms with Crippen LogP contribution in [0.5, 0.6) is 5.75 Å². The molecule has 1 fully saturated rings. The summed E-state index contributed by atoms with van der Waals surface area (Å²) in [6.07, 6.45) is 7.11. The van der Waals surface area contributed by atoms with Gasteiger partial charge in [0.2, 0.25) is 0 Å². The van der Waals surface area contributed by atoms with E-state index in [1.807, 2.05) is 0 Å². The molecule has 172 valence electrons. The van der Waals surface area contributed by atoms with E-state index in [1.165, 1.54) is 75.8 Å². The second kappa shape index (κ2) is 10.4. The number of benzene rings is 3. The summed E-state index contributed by atoms with van der Waals surface area (Å²) >= 11 is 0. The highest BCUT2D eigenvalue weighted by Gasteiger charge is 2.17. The van der Waals surface area contributed by atoms with E-state index in [1.54, 1.807) is 0 Å². The summed E-state index contributed by atoms with van der Waals surface area (Å²) in [5.41, 5.74) is 11.8. The van der Waals surface area contributed by atoms with Crippen molar-refractivity contribution in [3.8, 4) is 28.0 Å². The van der Waals surface area contributed by atoms with Gasteiger partial charge in [-0.2, -0.15) is 0 Å². The van der Waals surface area contributed by atoms with Gasteiger partial charge in [-0.15, -0.1) is 0 Å². The molecule has 0 bridgehead atoms. The Morgan fingerprint density at radius 1 is 0.848 bits per heavy atom. The van der Waals surface area contributed by atoms with Gasteiger partial charge in [0.1, 0.15) is 5.75 Å². The Bertz CT molecular complexity index is 1140. The fourth-order valence-corrected chi connectivity index (χ4v) is 5.07. The molecule has 1 atom stereocenters. The fraction of sp³-hybridized carbons (Fsp3) is 0.375. The van der Waals surface area contributed by atoms with Crippen LogP contribution >= 0.6 is 0 Å². The lowest BCUT2D eigenvalue weighted by Crippen LogP contribution is -2.03. The zero-order valence-corrected chi connectivity index (χ0v) is 20.8. The number of aryl methyl sites for hydroxylation is 4.